The summed E-state index contributed by atoms with van der Waals surface area (Å²) in [6, 6.07) is 20.2. The molecular formula is C27H28O4. The molecule has 0 saturated heterocycles. The number of hydrogen-bond donors (Lipinski definition) is 1. The quantitative estimate of drug-likeness (QED) is 0.573. The Labute approximate surface area is 183 Å². The van der Waals surface area contributed by atoms with Gasteiger partial charge in [-0.05, 0) is 70.8 Å². The van der Waals surface area contributed by atoms with Crippen LogP contribution in [0.25, 0.3) is 11.1 Å². The minimum absolute atomic E-state index is 0. The molecule has 1 saturated carbocycles. The van der Waals surface area contributed by atoms with Crippen molar-refractivity contribution in [2.24, 2.45) is 0 Å². The predicted molar refractivity (Wildman–Crippen MR) is 121 cm³/mol. The number of carbonyl (C=O) groups is 1. The van der Waals surface area contributed by atoms with E-state index in [-0.39, 0.29) is 20.6 Å². The maximum atomic E-state index is 13.4. The molecule has 31 heavy (non-hydrogen) atoms. The Morgan fingerprint density at radius 3 is 2.61 bits per heavy atom. The van der Waals surface area contributed by atoms with Gasteiger partial charge in [0.15, 0.2) is 11.5 Å². The van der Waals surface area contributed by atoms with E-state index in [0.29, 0.717) is 6.42 Å². The van der Waals surface area contributed by atoms with Crippen LogP contribution in [0.5, 0.6) is 11.5 Å². The normalized spacial score (nSPS) is 15.7. The molecule has 3 aromatic carbocycles. The van der Waals surface area contributed by atoms with Crippen molar-refractivity contribution >= 4 is 5.78 Å². The Morgan fingerprint density at radius 1 is 1.00 bits per heavy atom. The summed E-state index contributed by atoms with van der Waals surface area (Å²) in [5.41, 5.74) is 6.00. The van der Waals surface area contributed by atoms with Crippen molar-refractivity contribution in [3.63, 3.8) is 0 Å². The topological polar surface area (TPSA) is 55.8 Å². The average Bonchev–Trinajstić information content (AvgIpc) is 3.50. The Balaban J connectivity index is 0.00000245. The smallest absolute Gasteiger partial charge is 0.231 e. The summed E-state index contributed by atoms with van der Waals surface area (Å²) in [7, 11) is 0. The Morgan fingerprint density at radius 2 is 1.84 bits per heavy atom. The third-order valence-electron chi connectivity index (χ3n) is 6.55. The number of ketones is 1. The lowest BCUT2D eigenvalue weighted by Crippen LogP contribution is -2.22. The number of rotatable bonds is 7. The molecule has 0 amide bonds. The molecule has 4 heteroatoms. The van der Waals surface area contributed by atoms with Gasteiger partial charge in [0.2, 0.25) is 6.79 Å². The van der Waals surface area contributed by atoms with Crippen molar-refractivity contribution in [2.45, 2.75) is 44.6 Å². The van der Waals surface area contributed by atoms with Crippen LogP contribution in [0.3, 0.4) is 0 Å². The van der Waals surface area contributed by atoms with E-state index in [0.717, 1.165) is 58.6 Å². The molecule has 1 fully saturated rings. The molecule has 1 aliphatic heterocycles. The summed E-state index contributed by atoms with van der Waals surface area (Å²) >= 11 is 0. The minimum Gasteiger partial charge on any atom is -0.454 e. The highest BCUT2D eigenvalue weighted by Gasteiger charge is 2.50. The molecule has 0 aromatic heterocycles. The molecule has 160 valence electrons. The summed E-state index contributed by atoms with van der Waals surface area (Å²) in [5.74, 6) is 1.73. The van der Waals surface area contributed by atoms with Gasteiger partial charge in [0.1, 0.15) is 5.78 Å². The van der Waals surface area contributed by atoms with Crippen LogP contribution in [-0.2, 0) is 29.7 Å². The van der Waals surface area contributed by atoms with Gasteiger partial charge in [-0.3, -0.25) is 4.79 Å². The third kappa shape index (κ3) is 3.61. The molecule has 5 rings (SSSR count). The first-order valence-corrected chi connectivity index (χ1v) is 10.9. The van der Waals surface area contributed by atoms with E-state index in [4.69, 9.17) is 9.47 Å². The number of carbonyl (C=O) groups excluding carboxylic acids is 1. The van der Waals surface area contributed by atoms with Crippen LogP contribution in [0.2, 0.25) is 0 Å². The van der Waals surface area contributed by atoms with Gasteiger partial charge in [-0.2, -0.15) is 0 Å². The summed E-state index contributed by atoms with van der Waals surface area (Å²) < 4.78 is 10.9. The van der Waals surface area contributed by atoms with Gasteiger partial charge in [-0.1, -0.05) is 49.4 Å². The Kier molecular flexibility index (Phi) is 5.03. The van der Waals surface area contributed by atoms with Crippen LogP contribution < -0.4 is 9.47 Å². The van der Waals surface area contributed by atoms with E-state index in [1.54, 1.807) is 0 Å². The molecule has 0 atom stereocenters. The Hall–Kier alpha value is -3.11. The molecule has 1 heterocycles. The van der Waals surface area contributed by atoms with Crippen LogP contribution in [0.15, 0.2) is 60.7 Å². The molecular weight excluding hydrogens is 388 g/mol. The van der Waals surface area contributed by atoms with Crippen LogP contribution in [0, 0.1) is 0 Å². The summed E-state index contributed by atoms with van der Waals surface area (Å²) in [5, 5.41) is 9.51. The predicted octanol–water partition coefficient (Wildman–Crippen LogP) is 5.23. The maximum absolute atomic E-state index is 13.4. The van der Waals surface area contributed by atoms with Crippen LogP contribution in [0.1, 0.15) is 43.4 Å². The van der Waals surface area contributed by atoms with Gasteiger partial charge in [0.25, 0.3) is 0 Å². The van der Waals surface area contributed by atoms with Crippen molar-refractivity contribution in [3.05, 3.63) is 82.9 Å². The van der Waals surface area contributed by atoms with E-state index in [2.05, 4.69) is 31.2 Å². The minimum atomic E-state index is -0.401. The SMILES string of the molecule is CCc1ccc(CC(=O)C2(c3ccc4c(c3)OCO4)CC2)cc1-c1cccc(CO)c1.[HH]. The second-order valence-corrected chi connectivity index (χ2v) is 8.45. The van der Waals surface area contributed by atoms with Gasteiger partial charge in [-0.25, -0.2) is 0 Å². The van der Waals surface area contributed by atoms with Crippen molar-refractivity contribution in [3.8, 4) is 22.6 Å². The van der Waals surface area contributed by atoms with Crippen LogP contribution in [-0.4, -0.2) is 17.7 Å². The molecule has 1 N–H and O–H groups in total. The number of aryl methyl sites for hydroxylation is 1. The highest BCUT2D eigenvalue weighted by atomic mass is 16.7. The lowest BCUT2D eigenvalue weighted by atomic mass is 9.86. The fraction of sp³-hybridized carbons (Fsp3) is 0.296. The molecule has 0 unspecified atom stereocenters. The molecule has 0 radical (unpaired) electrons. The summed E-state index contributed by atoms with van der Waals surface area (Å²) in [4.78, 5) is 13.4. The fourth-order valence-electron chi connectivity index (χ4n) is 4.55. The van der Waals surface area contributed by atoms with E-state index in [1.165, 1.54) is 5.56 Å². The molecule has 3 aromatic rings. The van der Waals surface area contributed by atoms with Crippen molar-refractivity contribution < 1.29 is 20.8 Å². The number of hydrogen-bond acceptors (Lipinski definition) is 4. The van der Waals surface area contributed by atoms with E-state index < -0.39 is 5.41 Å². The summed E-state index contributed by atoms with van der Waals surface area (Å²) in [6.07, 6.45) is 3.08. The first kappa shape index (κ1) is 19.8. The second-order valence-electron chi connectivity index (χ2n) is 8.45. The number of aliphatic hydroxyl groups is 1. The second kappa shape index (κ2) is 7.86. The van der Waals surface area contributed by atoms with Crippen molar-refractivity contribution in [1.82, 2.24) is 0 Å². The number of fused-ring (bicyclic) bond motifs is 1. The van der Waals surface area contributed by atoms with Gasteiger partial charge in [0, 0.05) is 7.85 Å². The standard InChI is InChI=1S/C27H26O4.H2/c1-2-20-7-6-18(13-23(20)21-5-3-4-19(12-21)16-28)14-26(29)27(10-11-27)22-8-9-24-25(15-22)31-17-30-24;/h3-9,12-13,15,28H,2,10-11,14,16-17H2,1H3;1H. The molecule has 4 nitrogen and oxygen atoms in total. The number of benzene rings is 3. The number of aliphatic hydroxyl groups excluding tert-OH is 1. The monoisotopic (exact) mass is 416 g/mol. The van der Waals surface area contributed by atoms with Gasteiger partial charge < -0.3 is 14.6 Å². The van der Waals surface area contributed by atoms with Gasteiger partial charge in [-0.15, -0.1) is 0 Å². The van der Waals surface area contributed by atoms with Crippen molar-refractivity contribution in [1.29, 1.82) is 0 Å². The molecule has 0 spiro atoms. The molecule has 2 aliphatic rings. The van der Waals surface area contributed by atoms with Crippen LogP contribution in [0.4, 0.5) is 0 Å². The Bertz CT molecular complexity index is 1150. The van der Waals surface area contributed by atoms with Crippen molar-refractivity contribution in [2.75, 3.05) is 6.79 Å². The highest BCUT2D eigenvalue weighted by Crippen LogP contribution is 2.51. The lowest BCUT2D eigenvalue weighted by Gasteiger charge is -2.17. The largest absolute Gasteiger partial charge is 0.454 e. The number of ether oxygens (including phenoxy) is 2. The highest BCUT2D eigenvalue weighted by molar-refractivity contribution is 5.95. The third-order valence-corrected chi connectivity index (χ3v) is 6.55. The molecule has 1 aliphatic carbocycles. The zero-order valence-corrected chi connectivity index (χ0v) is 17.7. The zero-order chi connectivity index (χ0) is 21.4. The molecule has 0 bridgehead atoms. The van der Waals surface area contributed by atoms with E-state index >= 15 is 0 Å². The number of Topliss-reactive ketones (excluding diaryl/α,β-unsaturated/α-hetero) is 1. The average molecular weight is 417 g/mol. The fourth-order valence-corrected chi connectivity index (χ4v) is 4.55. The maximum Gasteiger partial charge on any atom is 0.231 e. The van der Waals surface area contributed by atoms with E-state index in [1.807, 2.05) is 36.4 Å². The zero-order valence-electron chi connectivity index (χ0n) is 17.7. The van der Waals surface area contributed by atoms with Crippen LogP contribution >= 0.6 is 0 Å². The first-order chi connectivity index (χ1) is 15.1. The summed E-state index contributed by atoms with van der Waals surface area (Å²) in [6.45, 7) is 2.40. The first-order valence-electron chi connectivity index (χ1n) is 10.9. The van der Waals surface area contributed by atoms with Gasteiger partial charge >= 0.3 is 0 Å². The lowest BCUT2D eigenvalue weighted by molar-refractivity contribution is -0.120. The van der Waals surface area contributed by atoms with Gasteiger partial charge in [0.05, 0.1) is 12.0 Å². The van der Waals surface area contributed by atoms with E-state index in [9.17, 15) is 9.90 Å².